The number of hydrogen-bond donors (Lipinski definition) is 0. The average Bonchev–Trinajstić information content (AvgIpc) is 3.73. The minimum Gasteiger partial charge on any atom is -0.444 e. The molecule has 0 fully saturated rings. The molecule has 0 radical (unpaired) electrons. The molecule has 3 nitrogen and oxygen atoms in total. The Balaban J connectivity index is 1.25. The molecule has 362 valence electrons. The summed E-state index contributed by atoms with van der Waals surface area (Å²) in [4.78, 5) is 5.34. The van der Waals surface area contributed by atoms with E-state index in [2.05, 4.69) is 212 Å². The molecule has 0 N–H and O–H groups in total. The van der Waals surface area contributed by atoms with E-state index >= 15 is 0 Å². The third kappa shape index (κ3) is 6.51. The van der Waals surface area contributed by atoms with Crippen LogP contribution in [0.15, 0.2) is 95.4 Å². The lowest BCUT2D eigenvalue weighted by Gasteiger charge is -2.48. The third-order valence-corrected chi connectivity index (χ3v) is 19.8. The first-order valence-electron chi connectivity index (χ1n) is 27.1. The van der Waals surface area contributed by atoms with E-state index in [0.29, 0.717) is 0 Å². The molecule has 70 heavy (non-hydrogen) atoms. The van der Waals surface area contributed by atoms with Gasteiger partial charge in [-0.1, -0.05) is 159 Å². The number of rotatable bonds is 3. The van der Waals surface area contributed by atoms with Gasteiger partial charge in [-0.15, -0.1) is 0 Å². The molecule has 0 bridgehead atoms. The number of furan rings is 1. The summed E-state index contributed by atoms with van der Waals surface area (Å²) < 4.78 is 7.81. The van der Waals surface area contributed by atoms with Crippen molar-refractivity contribution in [1.29, 1.82) is 0 Å². The molecule has 0 saturated heterocycles. The van der Waals surface area contributed by atoms with E-state index in [1.807, 2.05) is 0 Å². The Morgan fingerprint density at radius 3 is 1.33 bits per heavy atom. The molecule has 2 aliphatic heterocycles. The maximum absolute atomic E-state index is 7.81. The van der Waals surface area contributed by atoms with Crippen molar-refractivity contribution in [1.82, 2.24) is 0 Å². The smallest absolute Gasteiger partial charge is 0.256 e. The lowest BCUT2D eigenvalue weighted by molar-refractivity contribution is 0.280. The number of benzene rings is 5. The van der Waals surface area contributed by atoms with Crippen molar-refractivity contribution >= 4 is 57.4 Å². The predicted molar refractivity (Wildman–Crippen MR) is 299 cm³/mol. The molecule has 3 heterocycles. The second kappa shape index (κ2) is 14.4. The minimum atomic E-state index is -0.116. The van der Waals surface area contributed by atoms with Crippen molar-refractivity contribution in [3.05, 3.63) is 136 Å². The van der Waals surface area contributed by atoms with Gasteiger partial charge in [0.25, 0.3) is 6.71 Å². The Hall–Kier alpha value is -4.96. The van der Waals surface area contributed by atoms with E-state index in [-0.39, 0.29) is 50.0 Å². The molecule has 6 aromatic rings. The van der Waals surface area contributed by atoms with E-state index in [1.165, 1.54) is 133 Å². The zero-order valence-corrected chi connectivity index (χ0v) is 45.7. The summed E-state index contributed by atoms with van der Waals surface area (Å²) in [6.45, 7) is 39.6. The lowest BCUT2D eigenvalue weighted by Crippen LogP contribution is -2.63. The topological polar surface area (TPSA) is 19.6 Å². The summed E-state index contributed by atoms with van der Waals surface area (Å²) in [5, 5.41) is 0. The maximum atomic E-state index is 7.81. The van der Waals surface area contributed by atoms with Crippen LogP contribution < -0.4 is 26.2 Å². The lowest BCUT2D eigenvalue weighted by atomic mass is 9.32. The summed E-state index contributed by atoms with van der Waals surface area (Å²) in [5.41, 5.74) is 23.6. The maximum Gasteiger partial charge on any atom is 0.256 e. The van der Waals surface area contributed by atoms with Crippen molar-refractivity contribution in [3.8, 4) is 11.1 Å². The molecule has 5 aromatic carbocycles. The van der Waals surface area contributed by atoms with Gasteiger partial charge in [0.2, 0.25) is 0 Å². The van der Waals surface area contributed by atoms with Crippen LogP contribution in [0, 0.1) is 0 Å². The minimum absolute atomic E-state index is 0.0276. The van der Waals surface area contributed by atoms with Crippen LogP contribution >= 0.6 is 0 Å². The summed E-state index contributed by atoms with van der Waals surface area (Å²) >= 11 is 0. The Kier molecular flexibility index (Phi) is 9.48. The monoisotopic (exact) mass is 927 g/mol. The highest BCUT2D eigenvalue weighted by Crippen LogP contribution is 2.57. The van der Waals surface area contributed by atoms with Crippen molar-refractivity contribution < 1.29 is 4.42 Å². The summed E-state index contributed by atoms with van der Waals surface area (Å²) in [7, 11) is 0. The molecular formula is C66H79BN2O. The highest BCUT2D eigenvalue weighted by molar-refractivity contribution is 7.00. The SMILES string of the molecule is CC1(C)CCC(C)(C)c2cc(N3c4cc5c(cc4B4c6c3cc(-c3ccccc3)cc6N(c3ccc6c(c3)C(C)(C)CCC6(C)C)c3oc6c(c34)C(C)(C)CCC6(C)C)C(C)(C)CCC5(C)C)ccc21. The van der Waals surface area contributed by atoms with Crippen molar-refractivity contribution in [2.24, 2.45) is 0 Å². The zero-order chi connectivity index (χ0) is 49.7. The van der Waals surface area contributed by atoms with Gasteiger partial charge in [0, 0.05) is 33.9 Å². The van der Waals surface area contributed by atoms with E-state index in [9.17, 15) is 0 Å². The molecule has 4 aliphatic carbocycles. The summed E-state index contributed by atoms with van der Waals surface area (Å²) in [6, 6.07) is 36.7. The highest BCUT2D eigenvalue weighted by atomic mass is 16.4. The van der Waals surface area contributed by atoms with Crippen molar-refractivity contribution in [2.45, 2.75) is 205 Å². The van der Waals surface area contributed by atoms with Crippen LogP contribution in [0.1, 0.15) is 207 Å². The molecule has 0 amide bonds. The molecule has 0 atom stereocenters. The largest absolute Gasteiger partial charge is 0.444 e. The number of anilines is 6. The highest BCUT2D eigenvalue weighted by Gasteiger charge is 2.54. The first-order chi connectivity index (χ1) is 32.6. The van der Waals surface area contributed by atoms with Gasteiger partial charge >= 0.3 is 0 Å². The van der Waals surface area contributed by atoms with E-state index in [1.54, 1.807) is 0 Å². The van der Waals surface area contributed by atoms with Crippen LogP contribution in [0.4, 0.5) is 34.3 Å². The fourth-order valence-corrected chi connectivity index (χ4v) is 14.7. The van der Waals surface area contributed by atoms with Crippen LogP contribution in [-0.2, 0) is 43.3 Å². The van der Waals surface area contributed by atoms with Gasteiger partial charge in [0.15, 0.2) is 5.88 Å². The molecule has 0 unspecified atom stereocenters. The molecule has 0 spiro atoms. The number of nitrogens with zero attached hydrogens (tertiary/aromatic N) is 2. The fraction of sp³-hybridized carbons (Fsp3) is 0.485. The number of fused-ring (bicyclic) bond motifs is 9. The fourth-order valence-electron chi connectivity index (χ4n) is 14.7. The van der Waals surface area contributed by atoms with E-state index in [4.69, 9.17) is 4.42 Å². The Morgan fingerprint density at radius 2 is 0.800 bits per heavy atom. The van der Waals surface area contributed by atoms with Gasteiger partial charge in [0.1, 0.15) is 5.76 Å². The Bertz CT molecular complexity index is 3190. The summed E-state index contributed by atoms with van der Waals surface area (Å²) in [5.74, 6) is 2.20. The third-order valence-electron chi connectivity index (χ3n) is 19.8. The van der Waals surface area contributed by atoms with Gasteiger partial charge in [-0.25, -0.2) is 0 Å². The normalized spacial score (nSPS) is 22.7. The van der Waals surface area contributed by atoms with Gasteiger partial charge < -0.3 is 9.32 Å². The average molecular weight is 927 g/mol. The van der Waals surface area contributed by atoms with Crippen molar-refractivity contribution in [2.75, 3.05) is 9.80 Å². The zero-order valence-electron chi connectivity index (χ0n) is 45.7. The van der Waals surface area contributed by atoms with Gasteiger partial charge in [-0.3, -0.25) is 4.90 Å². The first kappa shape index (κ1) is 46.1. The molecular weight excluding hydrogens is 848 g/mol. The first-order valence-corrected chi connectivity index (χ1v) is 27.1. The van der Waals surface area contributed by atoms with Crippen LogP contribution in [0.3, 0.4) is 0 Å². The van der Waals surface area contributed by atoms with Gasteiger partial charge in [0.05, 0.1) is 0 Å². The van der Waals surface area contributed by atoms with Crippen LogP contribution in [0.2, 0.25) is 0 Å². The predicted octanol–water partition coefficient (Wildman–Crippen LogP) is 16.4. The van der Waals surface area contributed by atoms with Crippen LogP contribution in [0.5, 0.6) is 0 Å². The van der Waals surface area contributed by atoms with Crippen LogP contribution in [0.25, 0.3) is 11.1 Å². The standard InChI is InChI=1S/C66H79BN2O/c1-59(2)26-28-61(5,6)46-36-42(22-24-44(46)59)68-51-39-49-48(63(9,10)30-31-64(49,11)12)38-50(51)67-55-52(68)34-41(40-20-18-17-19-21-40)35-53(55)69(43-23-25-45-47(37-43)62(7,8)29-27-60(45,3)4)58-56(67)54-57(70-58)66(15,16)33-32-65(54,13)14/h17-25,34-39H,26-33H2,1-16H3. The van der Waals surface area contributed by atoms with Gasteiger partial charge in [-0.2, -0.15) is 0 Å². The Morgan fingerprint density at radius 1 is 0.371 bits per heavy atom. The van der Waals surface area contributed by atoms with E-state index < -0.39 is 0 Å². The van der Waals surface area contributed by atoms with Crippen molar-refractivity contribution in [3.63, 3.8) is 0 Å². The second-order valence-corrected chi connectivity index (χ2v) is 28.4. The Labute approximate surface area is 421 Å². The molecule has 0 saturated carbocycles. The quantitative estimate of drug-likeness (QED) is 0.165. The van der Waals surface area contributed by atoms with E-state index in [0.717, 1.165) is 25.1 Å². The number of hydrogen-bond acceptors (Lipinski definition) is 3. The van der Waals surface area contributed by atoms with Crippen LogP contribution in [-0.4, -0.2) is 6.71 Å². The second-order valence-electron chi connectivity index (χ2n) is 28.4. The molecule has 12 rings (SSSR count). The summed E-state index contributed by atoms with van der Waals surface area (Å²) in [6.07, 6.45) is 9.28. The molecule has 1 aromatic heterocycles. The molecule has 4 heteroatoms. The molecule has 6 aliphatic rings. The van der Waals surface area contributed by atoms with Gasteiger partial charge in [-0.05, 0) is 198 Å².